The number of anilines is 1. The fourth-order valence-electron chi connectivity index (χ4n) is 3.39. The fourth-order valence-corrected chi connectivity index (χ4v) is 3.39. The third kappa shape index (κ3) is 4.38. The molecule has 1 aromatic carbocycles. The van der Waals surface area contributed by atoms with Crippen LogP contribution in [-0.4, -0.2) is 54.0 Å². The summed E-state index contributed by atoms with van der Waals surface area (Å²) in [4.78, 5) is 23.7. The molecule has 0 unspecified atom stereocenters. The molecule has 0 spiro atoms. The van der Waals surface area contributed by atoms with Crippen LogP contribution >= 0.6 is 0 Å². The molecule has 1 amide bonds. The van der Waals surface area contributed by atoms with Gasteiger partial charge >= 0.3 is 0 Å². The Kier molecular flexibility index (Phi) is 5.83. The lowest BCUT2D eigenvalue weighted by molar-refractivity contribution is 0.0950. The highest BCUT2D eigenvalue weighted by Crippen LogP contribution is 2.19. The lowest BCUT2D eigenvalue weighted by Gasteiger charge is -2.19. The number of likely N-dealkylation sites (tertiary alicyclic amines) is 1. The van der Waals surface area contributed by atoms with Gasteiger partial charge in [-0.3, -0.25) is 4.79 Å². The Hall–Kier alpha value is -2.47. The first kappa shape index (κ1) is 18.3. The first-order valence-corrected chi connectivity index (χ1v) is 9.19. The van der Waals surface area contributed by atoms with Crippen LogP contribution in [0.5, 0.6) is 0 Å². The minimum Gasteiger partial charge on any atom is -0.373 e. The molecule has 6 nitrogen and oxygen atoms in total. The van der Waals surface area contributed by atoms with E-state index in [4.69, 9.17) is 0 Å². The number of carbonyl (C=O) groups is 1. The van der Waals surface area contributed by atoms with Crippen LogP contribution in [0.25, 0.3) is 11.4 Å². The maximum absolute atomic E-state index is 12.3. The topological polar surface area (TPSA) is 70.2 Å². The summed E-state index contributed by atoms with van der Waals surface area (Å²) in [5, 5.41) is 6.06. The quantitative estimate of drug-likeness (QED) is 0.836. The van der Waals surface area contributed by atoms with Gasteiger partial charge in [-0.1, -0.05) is 12.1 Å². The van der Waals surface area contributed by atoms with E-state index >= 15 is 0 Å². The molecule has 3 rings (SSSR count). The van der Waals surface area contributed by atoms with E-state index in [9.17, 15) is 4.79 Å². The largest absolute Gasteiger partial charge is 0.373 e. The van der Waals surface area contributed by atoms with Gasteiger partial charge in [0, 0.05) is 42.5 Å². The van der Waals surface area contributed by atoms with Gasteiger partial charge < -0.3 is 15.5 Å². The molecule has 138 valence electrons. The van der Waals surface area contributed by atoms with E-state index in [1.165, 1.54) is 12.8 Å². The molecule has 0 saturated carbocycles. The van der Waals surface area contributed by atoms with Crippen molar-refractivity contribution in [2.75, 3.05) is 32.5 Å². The van der Waals surface area contributed by atoms with Gasteiger partial charge in [0.25, 0.3) is 5.91 Å². The van der Waals surface area contributed by atoms with Crippen LogP contribution < -0.4 is 10.6 Å². The van der Waals surface area contributed by atoms with E-state index < -0.39 is 0 Å². The lowest BCUT2D eigenvalue weighted by Crippen LogP contribution is -2.31. The molecule has 26 heavy (non-hydrogen) atoms. The van der Waals surface area contributed by atoms with Crippen LogP contribution in [0.4, 0.5) is 5.82 Å². The number of rotatable bonds is 6. The van der Waals surface area contributed by atoms with E-state index in [2.05, 4.69) is 32.5 Å². The minimum absolute atomic E-state index is 0.0294. The Morgan fingerprint density at radius 2 is 2.04 bits per heavy atom. The predicted octanol–water partition coefficient (Wildman–Crippen LogP) is 2.71. The summed E-state index contributed by atoms with van der Waals surface area (Å²) in [5.74, 6) is 1.41. The number of amides is 1. The van der Waals surface area contributed by atoms with Crippen molar-refractivity contribution in [1.29, 1.82) is 0 Å². The molecule has 2 aromatic rings. The van der Waals surface area contributed by atoms with Crippen molar-refractivity contribution in [3.05, 3.63) is 41.6 Å². The molecule has 0 radical (unpaired) electrons. The summed E-state index contributed by atoms with van der Waals surface area (Å²) < 4.78 is 0. The zero-order valence-corrected chi connectivity index (χ0v) is 15.7. The van der Waals surface area contributed by atoms with Crippen LogP contribution in [0.3, 0.4) is 0 Å². The number of benzene rings is 1. The van der Waals surface area contributed by atoms with Crippen molar-refractivity contribution >= 4 is 11.7 Å². The average Bonchev–Trinajstić information content (AvgIpc) is 3.06. The van der Waals surface area contributed by atoms with Gasteiger partial charge in [0.1, 0.15) is 5.82 Å². The molecule has 1 atom stereocenters. The zero-order chi connectivity index (χ0) is 18.5. The Morgan fingerprint density at radius 1 is 1.27 bits per heavy atom. The van der Waals surface area contributed by atoms with E-state index in [1.807, 2.05) is 44.3 Å². The smallest absolute Gasteiger partial charge is 0.251 e. The number of hydrogen-bond donors (Lipinski definition) is 2. The number of carbonyl (C=O) groups excluding carboxylic acids is 1. The van der Waals surface area contributed by atoms with Crippen LogP contribution in [0.2, 0.25) is 0 Å². The van der Waals surface area contributed by atoms with Crippen molar-refractivity contribution in [1.82, 2.24) is 20.2 Å². The van der Waals surface area contributed by atoms with Gasteiger partial charge in [0.15, 0.2) is 5.82 Å². The van der Waals surface area contributed by atoms with Gasteiger partial charge in [0.2, 0.25) is 0 Å². The maximum Gasteiger partial charge on any atom is 0.251 e. The molecule has 1 aliphatic heterocycles. The Morgan fingerprint density at radius 3 is 2.69 bits per heavy atom. The maximum atomic E-state index is 12.3. The SMILES string of the molecule is CNc1cc(C)nc(-c2ccc(C(=O)NCC[C@H]3CCCN3C)cc2)n1. The average molecular weight is 353 g/mol. The first-order chi connectivity index (χ1) is 12.6. The highest BCUT2D eigenvalue weighted by Gasteiger charge is 2.20. The Balaban J connectivity index is 1.60. The van der Waals surface area contributed by atoms with Crippen molar-refractivity contribution < 1.29 is 4.79 Å². The summed E-state index contributed by atoms with van der Waals surface area (Å²) >= 11 is 0. The second kappa shape index (κ2) is 8.27. The van der Waals surface area contributed by atoms with Crippen molar-refractivity contribution in [2.45, 2.75) is 32.2 Å². The molecule has 0 bridgehead atoms. The number of hydrogen-bond acceptors (Lipinski definition) is 5. The first-order valence-electron chi connectivity index (χ1n) is 9.19. The molecular formula is C20H27N5O. The number of aryl methyl sites for hydroxylation is 1. The Bertz CT molecular complexity index is 759. The summed E-state index contributed by atoms with van der Waals surface area (Å²) in [5.41, 5.74) is 2.46. The van der Waals surface area contributed by atoms with Crippen molar-refractivity contribution in [2.24, 2.45) is 0 Å². The van der Waals surface area contributed by atoms with Crippen LogP contribution in [0.1, 0.15) is 35.3 Å². The number of nitrogens with zero attached hydrogens (tertiary/aromatic N) is 3. The zero-order valence-electron chi connectivity index (χ0n) is 15.7. The Labute approximate surface area is 155 Å². The molecule has 1 aromatic heterocycles. The van der Waals surface area contributed by atoms with E-state index in [1.54, 1.807) is 0 Å². The molecule has 1 fully saturated rings. The number of aromatic nitrogens is 2. The van der Waals surface area contributed by atoms with Crippen molar-refractivity contribution in [3.8, 4) is 11.4 Å². The highest BCUT2D eigenvalue weighted by molar-refractivity contribution is 5.94. The summed E-state index contributed by atoms with van der Waals surface area (Å²) in [6.45, 7) is 3.81. The van der Waals surface area contributed by atoms with E-state index in [0.717, 1.165) is 30.0 Å². The minimum atomic E-state index is -0.0294. The molecular weight excluding hydrogens is 326 g/mol. The van der Waals surface area contributed by atoms with Crippen LogP contribution in [-0.2, 0) is 0 Å². The molecule has 1 aliphatic rings. The fraction of sp³-hybridized carbons (Fsp3) is 0.450. The van der Waals surface area contributed by atoms with Crippen molar-refractivity contribution in [3.63, 3.8) is 0 Å². The second-order valence-electron chi connectivity index (χ2n) is 6.87. The van der Waals surface area contributed by atoms with E-state index in [0.29, 0.717) is 24.0 Å². The third-order valence-corrected chi connectivity index (χ3v) is 4.95. The summed E-state index contributed by atoms with van der Waals surface area (Å²) in [6.07, 6.45) is 3.49. The van der Waals surface area contributed by atoms with Gasteiger partial charge in [-0.25, -0.2) is 9.97 Å². The second-order valence-corrected chi connectivity index (χ2v) is 6.87. The third-order valence-electron chi connectivity index (χ3n) is 4.95. The van der Waals surface area contributed by atoms with Crippen LogP contribution in [0, 0.1) is 6.92 Å². The van der Waals surface area contributed by atoms with Gasteiger partial charge in [-0.2, -0.15) is 0 Å². The lowest BCUT2D eigenvalue weighted by atomic mass is 10.1. The molecule has 1 saturated heterocycles. The summed E-state index contributed by atoms with van der Waals surface area (Å²) in [7, 11) is 3.99. The van der Waals surface area contributed by atoms with Crippen LogP contribution in [0.15, 0.2) is 30.3 Å². The highest BCUT2D eigenvalue weighted by atomic mass is 16.1. The monoisotopic (exact) mass is 353 g/mol. The van der Waals surface area contributed by atoms with Gasteiger partial charge in [-0.15, -0.1) is 0 Å². The standard InChI is InChI=1S/C20H27N5O/c1-14-13-18(21-2)24-19(23-14)15-6-8-16(9-7-15)20(26)22-11-10-17-5-4-12-25(17)3/h6-9,13,17H,4-5,10-12H2,1-3H3,(H,22,26)(H,21,23,24)/t17-/m1/s1. The molecule has 0 aliphatic carbocycles. The van der Waals surface area contributed by atoms with Gasteiger partial charge in [-0.05, 0) is 51.9 Å². The van der Waals surface area contributed by atoms with Gasteiger partial charge in [0.05, 0.1) is 0 Å². The van der Waals surface area contributed by atoms with E-state index in [-0.39, 0.29) is 5.91 Å². The number of nitrogens with one attached hydrogen (secondary N) is 2. The molecule has 6 heteroatoms. The summed E-state index contributed by atoms with van der Waals surface area (Å²) in [6, 6.07) is 9.95. The predicted molar refractivity (Wildman–Crippen MR) is 104 cm³/mol. The molecule has 2 N–H and O–H groups in total. The molecule has 2 heterocycles. The normalized spacial score (nSPS) is 17.3.